The first kappa shape index (κ1) is 26.4. The van der Waals surface area contributed by atoms with Gasteiger partial charge in [-0.1, -0.05) is 42.5 Å². The van der Waals surface area contributed by atoms with Crippen LogP contribution in [0.1, 0.15) is 25.3 Å². The predicted molar refractivity (Wildman–Crippen MR) is 158 cm³/mol. The number of aliphatic hydroxyl groups excluding tert-OH is 1. The Morgan fingerprint density at radius 2 is 1.75 bits per heavy atom. The molecule has 3 aliphatic heterocycles. The summed E-state index contributed by atoms with van der Waals surface area (Å²) in [4.78, 5) is 38.2. The number of nitriles is 1. The van der Waals surface area contributed by atoms with Crippen molar-refractivity contribution in [3.63, 3.8) is 0 Å². The molecule has 3 fully saturated rings. The van der Waals surface area contributed by atoms with Crippen LogP contribution in [0.15, 0.2) is 79.3 Å². The summed E-state index contributed by atoms with van der Waals surface area (Å²) >= 11 is 0. The quantitative estimate of drug-likeness (QED) is 0.295. The Labute approximate surface area is 251 Å². The summed E-state index contributed by atoms with van der Waals surface area (Å²) in [5.74, 6) is -2.11. The average Bonchev–Trinajstić information content (AvgIpc) is 3.74. The number of benzene rings is 3. The van der Waals surface area contributed by atoms with Crippen molar-refractivity contribution in [2.45, 2.75) is 37.1 Å². The van der Waals surface area contributed by atoms with E-state index >= 15 is 0 Å². The molecule has 5 heterocycles. The molecule has 3 saturated heterocycles. The Balaban J connectivity index is 1.10. The minimum Gasteiger partial charge on any atom is -0.477 e. The van der Waals surface area contributed by atoms with Crippen molar-refractivity contribution in [3.8, 4) is 17.6 Å². The van der Waals surface area contributed by atoms with Crippen molar-refractivity contribution >= 4 is 39.3 Å². The molecule has 2 amide bonds. The topological polar surface area (TPSA) is 143 Å². The zero-order valence-corrected chi connectivity index (χ0v) is 23.6. The van der Waals surface area contributed by atoms with E-state index in [0.717, 1.165) is 5.69 Å². The number of fused-ring (bicyclic) bond motifs is 7. The molecular formula is C33H26N6O5. The summed E-state index contributed by atoms with van der Waals surface area (Å²) < 4.78 is 14.3. The Bertz CT molecular complexity index is 2040. The van der Waals surface area contributed by atoms with Crippen molar-refractivity contribution < 1.29 is 24.2 Å². The number of imide groups is 1. The van der Waals surface area contributed by atoms with Crippen LogP contribution in [-0.2, 0) is 14.3 Å². The second-order valence-electron chi connectivity index (χ2n) is 11.7. The van der Waals surface area contributed by atoms with Gasteiger partial charge in [0.15, 0.2) is 5.65 Å². The molecule has 5 aromatic rings. The number of rotatable bonds is 6. The van der Waals surface area contributed by atoms with Crippen LogP contribution < -0.4 is 9.64 Å². The lowest BCUT2D eigenvalue weighted by molar-refractivity contribution is -0.134. The van der Waals surface area contributed by atoms with E-state index in [-0.39, 0.29) is 25.4 Å². The number of anilines is 1. The summed E-state index contributed by atoms with van der Waals surface area (Å²) in [7, 11) is 0. The van der Waals surface area contributed by atoms with Crippen molar-refractivity contribution in [3.05, 3.63) is 84.8 Å². The maximum absolute atomic E-state index is 14.2. The number of carbonyl (C=O) groups is 2. The highest BCUT2D eigenvalue weighted by molar-refractivity contribution is 6.26. The fraction of sp³-hybridized carbons (Fsp3) is 0.273. The largest absolute Gasteiger partial charge is 0.477 e. The van der Waals surface area contributed by atoms with E-state index < -0.39 is 35.0 Å². The monoisotopic (exact) mass is 586 g/mol. The van der Waals surface area contributed by atoms with E-state index in [1.807, 2.05) is 42.5 Å². The molecule has 44 heavy (non-hydrogen) atoms. The van der Waals surface area contributed by atoms with Crippen molar-refractivity contribution in [2.75, 3.05) is 11.5 Å². The summed E-state index contributed by atoms with van der Waals surface area (Å²) in [5.41, 5.74) is -0.0266. The van der Waals surface area contributed by atoms with Crippen LogP contribution in [-0.4, -0.2) is 60.6 Å². The summed E-state index contributed by atoms with van der Waals surface area (Å²) in [5, 5.41) is 27.1. The Kier molecular flexibility index (Phi) is 5.66. The van der Waals surface area contributed by atoms with Crippen molar-refractivity contribution in [2.24, 2.45) is 11.8 Å². The average molecular weight is 587 g/mol. The van der Waals surface area contributed by atoms with Crippen LogP contribution in [0, 0.1) is 23.2 Å². The second kappa shape index (κ2) is 9.41. The third kappa shape index (κ3) is 3.52. The molecule has 3 aromatic carbocycles. The van der Waals surface area contributed by atoms with E-state index in [0.29, 0.717) is 38.9 Å². The first-order valence-electron chi connectivity index (χ1n) is 14.4. The highest BCUT2D eigenvalue weighted by Gasteiger charge is 2.77. The van der Waals surface area contributed by atoms with Gasteiger partial charge in [0.05, 0.1) is 59.4 Å². The summed E-state index contributed by atoms with van der Waals surface area (Å²) in [6, 6.07) is 22.3. The third-order valence-electron chi connectivity index (χ3n) is 9.47. The minimum absolute atomic E-state index is 0.121. The predicted octanol–water partition coefficient (Wildman–Crippen LogP) is 3.71. The van der Waals surface area contributed by atoms with E-state index in [2.05, 4.69) is 21.1 Å². The van der Waals surface area contributed by atoms with Crippen LogP contribution >= 0.6 is 0 Å². The van der Waals surface area contributed by atoms with Gasteiger partial charge in [0.2, 0.25) is 17.7 Å². The number of para-hydroxylation sites is 1. The number of nitrogens with zero attached hydrogens (tertiary/aromatic N) is 6. The van der Waals surface area contributed by atoms with Crippen LogP contribution in [0.25, 0.3) is 27.5 Å². The molecule has 11 nitrogen and oxygen atoms in total. The number of hydrogen-bond acceptors (Lipinski definition) is 9. The van der Waals surface area contributed by atoms with Gasteiger partial charge < -0.3 is 14.6 Å². The molecule has 2 bridgehead atoms. The molecule has 0 aliphatic carbocycles. The number of hydrogen-bond donors (Lipinski definition) is 1. The second-order valence-corrected chi connectivity index (χ2v) is 11.7. The lowest BCUT2D eigenvalue weighted by Crippen LogP contribution is -2.49. The zero-order valence-electron chi connectivity index (χ0n) is 23.6. The third-order valence-corrected chi connectivity index (χ3v) is 9.47. The fourth-order valence-corrected chi connectivity index (χ4v) is 7.45. The Hall–Kier alpha value is -5.18. The number of ether oxygens (including phenoxy) is 2. The van der Waals surface area contributed by atoms with E-state index in [1.165, 1.54) is 11.2 Å². The van der Waals surface area contributed by atoms with Gasteiger partial charge >= 0.3 is 0 Å². The molecule has 2 aromatic heterocycles. The molecule has 0 radical (unpaired) electrons. The first-order valence-corrected chi connectivity index (χ1v) is 14.4. The summed E-state index contributed by atoms with van der Waals surface area (Å²) in [6.45, 7) is 1.83. The molecule has 1 N–H and O–H groups in total. The van der Waals surface area contributed by atoms with E-state index in [4.69, 9.17) is 9.47 Å². The number of amides is 2. The van der Waals surface area contributed by atoms with Gasteiger partial charge in [-0.3, -0.25) is 9.59 Å². The molecule has 0 spiro atoms. The molecule has 0 saturated carbocycles. The van der Waals surface area contributed by atoms with Gasteiger partial charge in [0.1, 0.15) is 17.3 Å². The normalized spacial score (nSPS) is 27.3. The standard InChI is InChI=1S/C33H26N6O5/c1-32-25(40)15-33(44-32,13-14-43-29-23-17-37-39(28(23)35-18-36-29)20-7-3-2-4-8-20)27-26(32)30(41)38(31(27)42)24-12-11-19(16-34)21-9-5-6-10-22(21)24/h2-12,17-18,25-27,40H,13-15H2,1H3. The van der Waals surface area contributed by atoms with Gasteiger partial charge in [-0.25, -0.2) is 19.5 Å². The molecule has 8 rings (SSSR count). The van der Waals surface area contributed by atoms with Crippen LogP contribution in [0.5, 0.6) is 5.88 Å². The molecule has 3 aliphatic rings. The smallest absolute Gasteiger partial charge is 0.240 e. The fourth-order valence-electron chi connectivity index (χ4n) is 7.45. The SMILES string of the molecule is CC12OC(CCOc3ncnc4c3cnn4-c3ccccc3)(CC1O)C1C(=O)N(c3ccc(C#N)c4ccccc34)C(=O)C12. The van der Waals surface area contributed by atoms with Crippen LogP contribution in [0.2, 0.25) is 0 Å². The van der Waals surface area contributed by atoms with E-state index in [1.54, 1.807) is 42.1 Å². The van der Waals surface area contributed by atoms with Gasteiger partial charge in [-0.2, -0.15) is 10.4 Å². The maximum atomic E-state index is 14.2. The van der Waals surface area contributed by atoms with Crippen molar-refractivity contribution in [1.29, 1.82) is 5.26 Å². The molecule has 218 valence electrons. The first-order chi connectivity index (χ1) is 21.4. The zero-order chi connectivity index (χ0) is 30.2. The Morgan fingerprint density at radius 3 is 2.55 bits per heavy atom. The number of carbonyl (C=O) groups excluding carboxylic acids is 2. The highest BCUT2D eigenvalue weighted by atomic mass is 16.6. The van der Waals surface area contributed by atoms with Gasteiger partial charge in [0, 0.05) is 23.6 Å². The van der Waals surface area contributed by atoms with E-state index in [9.17, 15) is 20.0 Å². The lowest BCUT2D eigenvalue weighted by Gasteiger charge is -2.33. The summed E-state index contributed by atoms with van der Waals surface area (Å²) in [6.07, 6.45) is 2.57. The molecular weight excluding hydrogens is 560 g/mol. The lowest BCUT2D eigenvalue weighted by atomic mass is 9.66. The molecule has 5 unspecified atom stereocenters. The van der Waals surface area contributed by atoms with Crippen LogP contribution in [0.3, 0.4) is 0 Å². The van der Waals surface area contributed by atoms with Gasteiger partial charge in [-0.15, -0.1) is 0 Å². The van der Waals surface area contributed by atoms with Crippen molar-refractivity contribution in [1.82, 2.24) is 19.7 Å². The Morgan fingerprint density at radius 1 is 1.00 bits per heavy atom. The van der Waals surface area contributed by atoms with Gasteiger partial charge in [0.25, 0.3) is 0 Å². The minimum atomic E-state index is -1.23. The maximum Gasteiger partial charge on any atom is 0.240 e. The number of aliphatic hydroxyl groups is 1. The van der Waals surface area contributed by atoms with Crippen LogP contribution in [0.4, 0.5) is 5.69 Å². The highest BCUT2D eigenvalue weighted by Crippen LogP contribution is 2.62. The molecule has 5 atom stereocenters. The molecule has 11 heteroatoms. The number of aromatic nitrogens is 4. The van der Waals surface area contributed by atoms with Gasteiger partial charge in [-0.05, 0) is 31.2 Å².